The van der Waals surface area contributed by atoms with Crippen molar-refractivity contribution in [1.82, 2.24) is 0 Å². The highest BCUT2D eigenvalue weighted by Crippen LogP contribution is 2.31. The van der Waals surface area contributed by atoms with Crippen LogP contribution in [0.1, 0.15) is 26.7 Å². The Kier molecular flexibility index (Phi) is 18.6. The molecule has 296 valence electrons. The molecule has 0 saturated heterocycles. The fourth-order valence-corrected chi connectivity index (χ4v) is 62.6. The molecule has 0 amide bonds. The van der Waals surface area contributed by atoms with Crippen molar-refractivity contribution in [1.29, 1.82) is 0 Å². The molecule has 0 atom stereocenters. The third kappa shape index (κ3) is 23.5. The van der Waals surface area contributed by atoms with Gasteiger partial charge in [0.1, 0.15) is 0 Å². The van der Waals surface area contributed by atoms with E-state index in [0.717, 1.165) is 12.1 Å². The second-order valence-electron chi connectivity index (χ2n) is 18.6. The molecular weight excluding hydrogens is 805 g/mol. The van der Waals surface area contributed by atoms with Crippen LogP contribution in [0.5, 0.6) is 0 Å². The number of hydrogen-bond donors (Lipinski definition) is 0. The van der Waals surface area contributed by atoms with Gasteiger partial charge in [-0.25, -0.2) is 0 Å². The van der Waals surface area contributed by atoms with Gasteiger partial charge in [0, 0.05) is 0 Å². The first-order valence-electron chi connectivity index (χ1n) is 18.2. The van der Waals surface area contributed by atoms with Gasteiger partial charge in [-0.3, -0.25) is 0 Å². The first-order valence-corrected chi connectivity index (χ1v) is 49.8. The van der Waals surface area contributed by atoms with Crippen molar-refractivity contribution in [2.24, 2.45) is 0 Å². The van der Waals surface area contributed by atoms with Crippen LogP contribution in [0.25, 0.3) is 0 Å². The van der Waals surface area contributed by atoms with E-state index < -0.39 is 93.7 Å². The topological polar surface area (TPSA) is 92.3 Å². The van der Waals surface area contributed by atoms with Gasteiger partial charge >= 0.3 is 77.0 Å². The molecule has 0 saturated carbocycles. The Balaban J connectivity index is 5.53. The molecule has 0 aromatic heterocycles. The maximum atomic E-state index is 6.81. The molecule has 0 aliphatic carbocycles. The highest BCUT2D eigenvalue weighted by Gasteiger charge is 2.51. The van der Waals surface area contributed by atoms with Crippen molar-refractivity contribution in [3.63, 3.8) is 0 Å². The van der Waals surface area contributed by atoms with Crippen molar-refractivity contribution < 1.29 is 41.2 Å². The van der Waals surface area contributed by atoms with E-state index in [0.29, 0.717) is 0 Å². The van der Waals surface area contributed by atoms with Gasteiger partial charge in [-0.1, -0.05) is 26.7 Å². The maximum absolute atomic E-state index is 6.81. The van der Waals surface area contributed by atoms with Gasteiger partial charge in [-0.2, -0.15) is 0 Å². The van der Waals surface area contributed by atoms with E-state index in [1.165, 1.54) is 12.8 Å². The molecule has 49 heavy (non-hydrogen) atoms. The van der Waals surface area contributed by atoms with Crippen LogP contribution in [0.2, 0.25) is 156 Å². The molecule has 0 aromatic rings. The van der Waals surface area contributed by atoms with Crippen molar-refractivity contribution in [3.05, 3.63) is 0 Å². The van der Waals surface area contributed by atoms with E-state index in [-0.39, 0.29) is 0 Å². The van der Waals surface area contributed by atoms with Crippen LogP contribution >= 0.6 is 0 Å². The van der Waals surface area contributed by atoms with Gasteiger partial charge in [0.05, 0.1) is 0 Å². The van der Waals surface area contributed by atoms with Crippen molar-refractivity contribution >= 4 is 93.7 Å². The molecule has 0 rings (SSSR count). The highest BCUT2D eigenvalue weighted by atomic mass is 28.5. The third-order valence-electron chi connectivity index (χ3n) is 6.96. The fraction of sp³-hybridized carbons (Fsp3) is 1.00. The molecule has 0 aliphatic heterocycles. The lowest BCUT2D eigenvalue weighted by Crippen LogP contribution is -2.62. The Morgan fingerprint density at radius 3 is 0.633 bits per heavy atom. The zero-order valence-corrected chi connectivity index (χ0v) is 47.4. The Morgan fingerprint density at radius 2 is 0.449 bits per heavy atom. The van der Waals surface area contributed by atoms with Crippen LogP contribution in [-0.4, -0.2) is 93.7 Å². The molecule has 0 N–H and O–H groups in total. The predicted octanol–water partition coefficient (Wildman–Crippen LogP) is 10.7. The molecule has 0 aliphatic rings. The minimum absolute atomic E-state index is 1.05. The van der Waals surface area contributed by atoms with Crippen molar-refractivity contribution in [2.45, 2.75) is 183 Å². The van der Waals surface area contributed by atoms with Crippen LogP contribution in [0.3, 0.4) is 0 Å². The third-order valence-corrected chi connectivity index (χ3v) is 50.0. The van der Waals surface area contributed by atoms with Crippen LogP contribution in [0.15, 0.2) is 0 Å². The highest BCUT2D eigenvalue weighted by molar-refractivity contribution is 6.93. The largest absolute Gasteiger partial charge is 0.436 e. The lowest BCUT2D eigenvalue weighted by atomic mass is 10.4. The van der Waals surface area contributed by atoms with E-state index in [2.05, 4.69) is 158 Å². The van der Waals surface area contributed by atoms with Crippen LogP contribution in [-0.2, 0) is 41.2 Å². The summed E-state index contributed by atoms with van der Waals surface area (Å²) < 4.78 is 67.5. The number of rotatable bonds is 24. The smallest absolute Gasteiger partial charge is 0.314 e. The Morgan fingerprint density at radius 1 is 0.265 bits per heavy atom. The monoisotopic (exact) mass is 884 g/mol. The summed E-state index contributed by atoms with van der Waals surface area (Å²) in [6.07, 6.45) is 2.38. The van der Waals surface area contributed by atoms with Gasteiger partial charge in [-0.15, -0.1) is 0 Å². The van der Waals surface area contributed by atoms with Gasteiger partial charge in [-0.05, 0) is 156 Å². The van der Waals surface area contributed by atoms with Crippen LogP contribution < -0.4 is 0 Å². The summed E-state index contributed by atoms with van der Waals surface area (Å²) in [6.45, 7) is 51.4. The summed E-state index contributed by atoms with van der Waals surface area (Å²) in [5.74, 6) is 0. The summed E-state index contributed by atoms with van der Waals surface area (Å²) in [5.41, 5.74) is 0. The standard InChI is InChI=1S/C28H80O10Si11/c1-25-27-28-40(5,6)30-42(9,10)32-44(13,14)34-46(17,18)36-48(21,22)38-49(23,24)37-47(19,20)35-45(15,16)33-43(11,12)31-41(7,8)29-39(3,4)26-2/h25-28H2,1-24H3. The second-order valence-corrected chi connectivity index (χ2v) is 60.2. The summed E-state index contributed by atoms with van der Waals surface area (Å²) in [7, 11) is -26.8. The maximum Gasteiger partial charge on any atom is 0.314 e. The van der Waals surface area contributed by atoms with Crippen LogP contribution in [0.4, 0.5) is 0 Å². The van der Waals surface area contributed by atoms with E-state index in [4.69, 9.17) is 41.2 Å². The average molecular weight is 886 g/mol. The first kappa shape index (κ1) is 51.0. The zero-order chi connectivity index (χ0) is 39.4. The Labute approximate surface area is 315 Å². The zero-order valence-electron chi connectivity index (χ0n) is 36.4. The second kappa shape index (κ2) is 17.8. The molecule has 0 spiro atoms. The predicted molar refractivity (Wildman–Crippen MR) is 233 cm³/mol. The number of hydrogen-bond acceptors (Lipinski definition) is 10. The minimum atomic E-state index is -2.69. The lowest BCUT2D eigenvalue weighted by Gasteiger charge is -2.45. The summed E-state index contributed by atoms with van der Waals surface area (Å²) in [6, 6.07) is 2.20. The summed E-state index contributed by atoms with van der Waals surface area (Å²) in [5, 5.41) is 0. The van der Waals surface area contributed by atoms with Gasteiger partial charge in [0.2, 0.25) is 0 Å². The van der Waals surface area contributed by atoms with E-state index in [9.17, 15) is 0 Å². The molecular formula is C28H80O10Si11. The molecule has 0 unspecified atom stereocenters. The first-order chi connectivity index (χ1) is 21.2. The molecule has 0 fully saturated rings. The van der Waals surface area contributed by atoms with Crippen molar-refractivity contribution in [2.75, 3.05) is 0 Å². The quantitative estimate of drug-likeness (QED) is 0.0873. The van der Waals surface area contributed by atoms with Gasteiger partial charge < -0.3 is 41.2 Å². The van der Waals surface area contributed by atoms with E-state index >= 15 is 0 Å². The lowest BCUT2D eigenvalue weighted by molar-refractivity contribution is 0.255. The van der Waals surface area contributed by atoms with E-state index in [1.807, 2.05) is 0 Å². The molecule has 0 bridgehead atoms. The molecule has 0 heterocycles. The van der Waals surface area contributed by atoms with E-state index in [1.54, 1.807) is 0 Å². The van der Waals surface area contributed by atoms with Crippen LogP contribution in [0, 0.1) is 0 Å². The van der Waals surface area contributed by atoms with Crippen molar-refractivity contribution in [3.8, 4) is 0 Å². The molecule has 0 aromatic carbocycles. The SMILES string of the molecule is CCCC[Si](C)(C)O[Si](C)(C)O[Si](C)(C)O[Si](C)(C)O[Si](C)(C)O[Si](C)(C)O[Si](C)(C)O[Si](C)(C)O[Si](C)(C)O[Si](C)(C)O[Si](C)(C)CC. The minimum Gasteiger partial charge on any atom is -0.436 e. The fourth-order valence-electron chi connectivity index (χ4n) is 6.98. The number of unbranched alkanes of at least 4 members (excludes halogenated alkanes) is 1. The molecule has 21 heteroatoms. The van der Waals surface area contributed by atoms with Gasteiger partial charge in [0.25, 0.3) is 0 Å². The molecule has 10 nitrogen and oxygen atoms in total. The Bertz CT molecular complexity index is 1040. The Hall–Kier alpha value is 1.99. The molecule has 0 radical (unpaired) electrons. The normalized spacial score (nSPS) is 15.7. The summed E-state index contributed by atoms with van der Waals surface area (Å²) in [4.78, 5) is 0. The summed E-state index contributed by atoms with van der Waals surface area (Å²) >= 11 is 0. The van der Waals surface area contributed by atoms with Gasteiger partial charge in [0.15, 0.2) is 16.6 Å². The average Bonchev–Trinajstić information content (AvgIpc) is 2.68.